The van der Waals surface area contributed by atoms with Crippen LogP contribution in [0.15, 0.2) is 66.5 Å². The lowest BCUT2D eigenvalue weighted by Crippen LogP contribution is -2.26. The molecule has 0 bridgehead atoms. The van der Waals surface area contributed by atoms with Crippen LogP contribution in [0, 0.1) is 6.92 Å². The van der Waals surface area contributed by atoms with E-state index in [1.54, 1.807) is 30.0 Å². The molecule has 4 rings (SSSR count). The van der Waals surface area contributed by atoms with E-state index in [1.807, 2.05) is 43.3 Å². The van der Waals surface area contributed by atoms with Gasteiger partial charge in [-0.05, 0) is 36.8 Å². The number of carbonyl (C=O) groups excluding carboxylic acids is 1. The predicted octanol–water partition coefficient (Wildman–Crippen LogP) is 3.44. The van der Waals surface area contributed by atoms with Gasteiger partial charge < -0.3 is 20.5 Å². The summed E-state index contributed by atoms with van der Waals surface area (Å²) in [6.45, 7) is 1.93. The Morgan fingerprint density at radius 1 is 1.20 bits per heavy atom. The van der Waals surface area contributed by atoms with E-state index in [2.05, 4.69) is 15.7 Å². The Bertz CT molecular complexity index is 1170. The maximum Gasteiger partial charge on any atom is 0.352 e. The first-order valence-electron chi connectivity index (χ1n) is 9.28. The quantitative estimate of drug-likeness (QED) is 0.602. The van der Waals surface area contributed by atoms with E-state index in [1.165, 1.54) is 6.20 Å². The summed E-state index contributed by atoms with van der Waals surface area (Å²) >= 11 is 0. The number of nitrogens with one attached hydrogen (secondary N) is 2. The van der Waals surface area contributed by atoms with Gasteiger partial charge in [0.2, 0.25) is 0 Å². The zero-order valence-corrected chi connectivity index (χ0v) is 16.4. The SMILES string of the molecule is COc1ccccc1C1C=C(C(=O)O)Nc2c(C(=O)Nc3cccc(C)c3)cnn21. The summed E-state index contributed by atoms with van der Waals surface area (Å²) < 4.78 is 7.02. The molecule has 1 aromatic heterocycles. The van der Waals surface area contributed by atoms with Crippen LogP contribution in [-0.4, -0.2) is 33.9 Å². The lowest BCUT2D eigenvalue weighted by atomic mass is 10.0. The molecule has 1 atom stereocenters. The van der Waals surface area contributed by atoms with Gasteiger partial charge in [0.1, 0.15) is 28.9 Å². The molecule has 30 heavy (non-hydrogen) atoms. The van der Waals surface area contributed by atoms with E-state index < -0.39 is 12.0 Å². The van der Waals surface area contributed by atoms with Gasteiger partial charge in [-0.25, -0.2) is 9.48 Å². The average molecular weight is 404 g/mol. The van der Waals surface area contributed by atoms with E-state index in [-0.39, 0.29) is 17.2 Å². The van der Waals surface area contributed by atoms with Crippen LogP contribution < -0.4 is 15.4 Å². The van der Waals surface area contributed by atoms with Crippen LogP contribution in [0.2, 0.25) is 0 Å². The van der Waals surface area contributed by atoms with Crippen LogP contribution in [0.25, 0.3) is 0 Å². The fraction of sp³-hybridized carbons (Fsp3) is 0.136. The maximum atomic E-state index is 12.9. The van der Waals surface area contributed by atoms with Crippen LogP contribution in [0.1, 0.15) is 27.5 Å². The Morgan fingerprint density at radius 3 is 2.73 bits per heavy atom. The zero-order valence-electron chi connectivity index (χ0n) is 16.4. The van der Waals surface area contributed by atoms with Crippen molar-refractivity contribution in [1.29, 1.82) is 0 Å². The Morgan fingerprint density at radius 2 is 2.00 bits per heavy atom. The molecule has 1 aliphatic rings. The van der Waals surface area contributed by atoms with Crippen molar-refractivity contribution in [2.75, 3.05) is 17.7 Å². The van der Waals surface area contributed by atoms with Crippen LogP contribution in [0.3, 0.4) is 0 Å². The number of fused-ring (bicyclic) bond motifs is 1. The second-order valence-corrected chi connectivity index (χ2v) is 6.87. The molecule has 1 unspecified atom stereocenters. The molecular weight excluding hydrogens is 384 g/mol. The molecule has 2 aromatic carbocycles. The molecule has 0 spiro atoms. The summed E-state index contributed by atoms with van der Waals surface area (Å²) in [5.41, 5.74) is 2.59. The third kappa shape index (κ3) is 3.50. The Balaban J connectivity index is 1.75. The highest BCUT2D eigenvalue weighted by molar-refractivity contribution is 6.08. The number of aromatic nitrogens is 2. The first kappa shape index (κ1) is 19.3. The highest BCUT2D eigenvalue weighted by Gasteiger charge is 2.30. The smallest absolute Gasteiger partial charge is 0.352 e. The van der Waals surface area contributed by atoms with Gasteiger partial charge >= 0.3 is 5.97 Å². The molecule has 1 amide bonds. The molecule has 8 nitrogen and oxygen atoms in total. The van der Waals surface area contributed by atoms with Crippen LogP contribution in [0.5, 0.6) is 5.75 Å². The van der Waals surface area contributed by atoms with E-state index in [4.69, 9.17) is 4.74 Å². The third-order valence-electron chi connectivity index (χ3n) is 4.85. The van der Waals surface area contributed by atoms with Crippen molar-refractivity contribution in [2.24, 2.45) is 0 Å². The lowest BCUT2D eigenvalue weighted by Gasteiger charge is -2.25. The number of ether oxygens (including phenoxy) is 1. The second-order valence-electron chi connectivity index (χ2n) is 6.87. The van der Waals surface area contributed by atoms with E-state index in [0.29, 0.717) is 17.3 Å². The Hall–Kier alpha value is -4.07. The number of nitrogens with zero attached hydrogens (tertiary/aromatic N) is 2. The van der Waals surface area contributed by atoms with Crippen molar-refractivity contribution in [1.82, 2.24) is 9.78 Å². The fourth-order valence-electron chi connectivity index (χ4n) is 3.44. The number of hydrogen-bond acceptors (Lipinski definition) is 5. The zero-order chi connectivity index (χ0) is 21.3. The fourth-order valence-corrected chi connectivity index (χ4v) is 3.44. The molecule has 2 heterocycles. The van der Waals surface area contributed by atoms with Gasteiger partial charge in [-0.15, -0.1) is 0 Å². The first-order chi connectivity index (χ1) is 14.5. The van der Waals surface area contributed by atoms with Crippen molar-refractivity contribution in [3.05, 3.63) is 83.2 Å². The number of hydrogen-bond donors (Lipinski definition) is 3. The molecule has 152 valence electrons. The topological polar surface area (TPSA) is 105 Å². The molecule has 0 aliphatic carbocycles. The minimum atomic E-state index is -1.13. The van der Waals surface area contributed by atoms with Gasteiger partial charge in [-0.1, -0.05) is 30.3 Å². The molecule has 0 fully saturated rings. The minimum Gasteiger partial charge on any atom is -0.496 e. The summed E-state index contributed by atoms with van der Waals surface area (Å²) in [7, 11) is 1.55. The van der Waals surface area contributed by atoms with E-state index in [0.717, 1.165) is 11.1 Å². The number of carboxylic acids is 1. The first-order valence-corrected chi connectivity index (χ1v) is 9.28. The molecule has 0 saturated heterocycles. The molecule has 3 N–H and O–H groups in total. The van der Waals surface area contributed by atoms with E-state index in [9.17, 15) is 14.7 Å². The number of carbonyl (C=O) groups is 2. The maximum absolute atomic E-state index is 12.9. The van der Waals surface area contributed by atoms with Crippen molar-refractivity contribution in [3.8, 4) is 5.75 Å². The van der Waals surface area contributed by atoms with E-state index >= 15 is 0 Å². The van der Waals surface area contributed by atoms with Gasteiger partial charge in [0.05, 0.1) is 13.3 Å². The summed E-state index contributed by atoms with van der Waals surface area (Å²) in [5, 5.41) is 19.6. The second kappa shape index (κ2) is 7.75. The van der Waals surface area contributed by atoms with Crippen molar-refractivity contribution < 1.29 is 19.4 Å². The third-order valence-corrected chi connectivity index (χ3v) is 4.85. The monoisotopic (exact) mass is 404 g/mol. The molecule has 1 aliphatic heterocycles. The molecular formula is C22H20N4O4. The molecule has 0 radical (unpaired) electrons. The number of rotatable bonds is 5. The van der Waals surface area contributed by atoms with Crippen LogP contribution >= 0.6 is 0 Å². The normalized spacial score (nSPS) is 14.9. The summed E-state index contributed by atoms with van der Waals surface area (Å²) in [6, 6.07) is 14.2. The van der Waals surface area contributed by atoms with Gasteiger partial charge in [0, 0.05) is 11.3 Å². The van der Waals surface area contributed by atoms with Crippen LogP contribution in [0.4, 0.5) is 11.5 Å². The lowest BCUT2D eigenvalue weighted by molar-refractivity contribution is -0.132. The van der Waals surface area contributed by atoms with Gasteiger partial charge in [0.15, 0.2) is 0 Å². The van der Waals surface area contributed by atoms with Crippen molar-refractivity contribution >= 4 is 23.4 Å². The Kier molecular flexibility index (Phi) is 4.97. The minimum absolute atomic E-state index is 0.0384. The summed E-state index contributed by atoms with van der Waals surface area (Å²) in [4.78, 5) is 24.6. The number of aliphatic carboxylic acids is 1. The van der Waals surface area contributed by atoms with Crippen molar-refractivity contribution in [2.45, 2.75) is 13.0 Å². The van der Waals surface area contributed by atoms with Gasteiger partial charge in [0.25, 0.3) is 5.91 Å². The number of anilines is 2. The number of para-hydroxylation sites is 1. The summed E-state index contributed by atoms with van der Waals surface area (Å²) in [5.74, 6) is -0.624. The molecule has 0 saturated carbocycles. The number of aryl methyl sites for hydroxylation is 1. The molecule has 8 heteroatoms. The Labute approximate surface area is 172 Å². The average Bonchev–Trinajstić information content (AvgIpc) is 3.17. The highest BCUT2D eigenvalue weighted by Crippen LogP contribution is 2.36. The van der Waals surface area contributed by atoms with Crippen molar-refractivity contribution in [3.63, 3.8) is 0 Å². The number of methoxy groups -OCH3 is 1. The standard InChI is InChI=1S/C22H20N4O4/c1-13-6-5-7-14(10-13)24-21(27)16-12-23-26-18(11-17(22(28)29)25-20(16)26)15-8-3-4-9-19(15)30-2/h3-12,18,25H,1-2H3,(H,24,27)(H,28,29). The van der Waals surface area contributed by atoms with Crippen LogP contribution in [-0.2, 0) is 4.79 Å². The predicted molar refractivity (Wildman–Crippen MR) is 112 cm³/mol. The number of amides is 1. The van der Waals surface area contributed by atoms with Gasteiger partial charge in [-0.3, -0.25) is 4.79 Å². The van der Waals surface area contributed by atoms with Gasteiger partial charge in [-0.2, -0.15) is 5.10 Å². The number of carboxylic acid groups (broad SMARTS) is 1. The largest absolute Gasteiger partial charge is 0.496 e. The molecule has 3 aromatic rings. The number of benzene rings is 2. The number of allylic oxidation sites excluding steroid dienone is 1. The summed E-state index contributed by atoms with van der Waals surface area (Å²) in [6.07, 6.45) is 2.97. The highest BCUT2D eigenvalue weighted by atomic mass is 16.5.